The van der Waals surface area contributed by atoms with Gasteiger partial charge in [-0.05, 0) is 13.0 Å². The van der Waals surface area contributed by atoms with Crippen LogP contribution < -0.4 is 5.73 Å². The molecule has 0 radical (unpaired) electrons. The SMILES string of the molecule is Cn1ccc(CN2CCO[C@](C)(C(N)=O)C2)n1. The number of ether oxygens (including phenoxy) is 1. The first-order chi connectivity index (χ1) is 7.99. The molecule has 6 nitrogen and oxygen atoms in total. The molecule has 2 heterocycles. The molecular weight excluding hydrogens is 220 g/mol. The van der Waals surface area contributed by atoms with E-state index in [0.717, 1.165) is 12.2 Å². The van der Waals surface area contributed by atoms with Crippen LogP contribution in [-0.2, 0) is 23.1 Å². The summed E-state index contributed by atoms with van der Waals surface area (Å²) < 4.78 is 7.23. The normalized spacial score (nSPS) is 26.0. The molecule has 2 N–H and O–H groups in total. The molecule has 1 fully saturated rings. The van der Waals surface area contributed by atoms with E-state index >= 15 is 0 Å². The van der Waals surface area contributed by atoms with E-state index in [-0.39, 0.29) is 0 Å². The van der Waals surface area contributed by atoms with E-state index in [2.05, 4.69) is 10.00 Å². The summed E-state index contributed by atoms with van der Waals surface area (Å²) in [5, 5.41) is 4.32. The van der Waals surface area contributed by atoms with Crippen molar-refractivity contribution >= 4 is 5.91 Å². The van der Waals surface area contributed by atoms with Crippen LogP contribution in [0, 0.1) is 0 Å². The Labute approximate surface area is 100 Å². The van der Waals surface area contributed by atoms with Gasteiger partial charge in [0.1, 0.15) is 0 Å². The Morgan fingerprint density at radius 2 is 2.47 bits per heavy atom. The maximum absolute atomic E-state index is 11.3. The lowest BCUT2D eigenvalue weighted by atomic mass is 10.0. The Hall–Kier alpha value is -1.40. The number of hydrogen-bond donors (Lipinski definition) is 1. The lowest BCUT2D eigenvalue weighted by Crippen LogP contribution is -2.56. The fourth-order valence-electron chi connectivity index (χ4n) is 2.01. The topological polar surface area (TPSA) is 73.4 Å². The number of aromatic nitrogens is 2. The highest BCUT2D eigenvalue weighted by Crippen LogP contribution is 2.18. The van der Waals surface area contributed by atoms with Crippen LogP contribution in [0.4, 0.5) is 0 Å². The number of aryl methyl sites for hydroxylation is 1. The third-order valence-electron chi connectivity index (χ3n) is 3.03. The fraction of sp³-hybridized carbons (Fsp3) is 0.636. The van der Waals surface area contributed by atoms with Gasteiger partial charge in [-0.25, -0.2) is 0 Å². The van der Waals surface area contributed by atoms with E-state index < -0.39 is 11.5 Å². The Morgan fingerprint density at radius 3 is 3.06 bits per heavy atom. The highest BCUT2D eigenvalue weighted by Gasteiger charge is 2.37. The zero-order valence-electron chi connectivity index (χ0n) is 10.2. The summed E-state index contributed by atoms with van der Waals surface area (Å²) in [6.07, 6.45) is 1.91. The molecule has 1 aliphatic heterocycles. The van der Waals surface area contributed by atoms with Gasteiger partial charge in [0.25, 0.3) is 5.91 Å². The van der Waals surface area contributed by atoms with Crippen LogP contribution >= 0.6 is 0 Å². The van der Waals surface area contributed by atoms with Gasteiger partial charge in [0.15, 0.2) is 5.60 Å². The molecule has 0 saturated carbocycles. The second kappa shape index (κ2) is 4.46. The Bertz CT molecular complexity index is 417. The largest absolute Gasteiger partial charge is 0.367 e. The number of hydrogen-bond acceptors (Lipinski definition) is 4. The van der Waals surface area contributed by atoms with Crippen molar-refractivity contribution in [3.8, 4) is 0 Å². The Balaban J connectivity index is 2.00. The summed E-state index contributed by atoms with van der Waals surface area (Å²) in [7, 11) is 1.89. The monoisotopic (exact) mass is 238 g/mol. The first kappa shape index (κ1) is 12.1. The molecule has 2 rings (SSSR count). The first-order valence-corrected chi connectivity index (χ1v) is 5.64. The van der Waals surface area contributed by atoms with E-state index in [1.165, 1.54) is 0 Å². The minimum atomic E-state index is -0.882. The van der Waals surface area contributed by atoms with Gasteiger partial charge in [-0.15, -0.1) is 0 Å². The molecule has 0 unspecified atom stereocenters. The van der Waals surface area contributed by atoms with Crippen molar-refractivity contribution in [1.29, 1.82) is 0 Å². The molecule has 0 aliphatic carbocycles. The Morgan fingerprint density at radius 1 is 1.71 bits per heavy atom. The van der Waals surface area contributed by atoms with Crippen LogP contribution in [0.1, 0.15) is 12.6 Å². The van der Waals surface area contributed by atoms with Crippen LogP contribution in [0.2, 0.25) is 0 Å². The van der Waals surface area contributed by atoms with E-state index in [9.17, 15) is 4.79 Å². The lowest BCUT2D eigenvalue weighted by Gasteiger charge is -2.37. The molecule has 0 aromatic carbocycles. The van der Waals surface area contributed by atoms with Gasteiger partial charge in [0, 0.05) is 32.9 Å². The summed E-state index contributed by atoms with van der Waals surface area (Å²) in [4.78, 5) is 13.5. The van der Waals surface area contributed by atoms with Gasteiger partial charge in [-0.3, -0.25) is 14.4 Å². The van der Waals surface area contributed by atoms with Crippen LogP contribution in [0.5, 0.6) is 0 Å². The predicted molar refractivity (Wildman–Crippen MR) is 62.0 cm³/mol. The third kappa shape index (κ3) is 2.65. The van der Waals surface area contributed by atoms with E-state index in [1.54, 1.807) is 11.6 Å². The highest BCUT2D eigenvalue weighted by atomic mass is 16.5. The van der Waals surface area contributed by atoms with Crippen molar-refractivity contribution in [1.82, 2.24) is 14.7 Å². The highest BCUT2D eigenvalue weighted by molar-refractivity contribution is 5.83. The predicted octanol–water partition coefficient (Wildman–Crippen LogP) is -0.504. The second-order valence-electron chi connectivity index (χ2n) is 4.63. The van der Waals surface area contributed by atoms with Crippen LogP contribution in [0.15, 0.2) is 12.3 Å². The molecule has 0 spiro atoms. The third-order valence-corrected chi connectivity index (χ3v) is 3.03. The fourth-order valence-corrected chi connectivity index (χ4v) is 2.01. The molecule has 1 saturated heterocycles. The molecule has 17 heavy (non-hydrogen) atoms. The molecule has 1 aliphatic rings. The summed E-state index contributed by atoms with van der Waals surface area (Å²) in [6, 6.07) is 1.97. The minimum absolute atomic E-state index is 0.414. The molecule has 1 aromatic heterocycles. The van der Waals surface area contributed by atoms with Gasteiger partial charge < -0.3 is 10.5 Å². The summed E-state index contributed by atoms with van der Waals surface area (Å²) >= 11 is 0. The van der Waals surface area contributed by atoms with Crippen molar-refractivity contribution < 1.29 is 9.53 Å². The minimum Gasteiger partial charge on any atom is -0.367 e. The number of carbonyl (C=O) groups excluding carboxylic acids is 1. The van der Waals surface area contributed by atoms with Crippen molar-refractivity contribution in [3.63, 3.8) is 0 Å². The van der Waals surface area contributed by atoms with Crippen molar-refractivity contribution in [2.45, 2.75) is 19.1 Å². The quantitative estimate of drug-likeness (QED) is 0.770. The maximum atomic E-state index is 11.3. The number of primary amides is 1. The van der Waals surface area contributed by atoms with Gasteiger partial charge in [0.2, 0.25) is 0 Å². The summed E-state index contributed by atoms with van der Waals surface area (Å²) in [6.45, 7) is 4.28. The maximum Gasteiger partial charge on any atom is 0.250 e. The standard InChI is InChI=1S/C11H18N4O2/c1-11(10(12)16)8-15(5-6-17-11)7-9-3-4-14(2)13-9/h3-4H,5-8H2,1-2H3,(H2,12,16)/t11-/m0/s1. The Kier molecular flexibility index (Phi) is 3.17. The zero-order valence-corrected chi connectivity index (χ0v) is 10.2. The zero-order chi connectivity index (χ0) is 12.5. The number of nitrogens with two attached hydrogens (primary N) is 1. The van der Waals surface area contributed by atoms with Crippen LogP contribution in [0.25, 0.3) is 0 Å². The number of morpholine rings is 1. The molecule has 1 amide bonds. The van der Waals surface area contributed by atoms with Crippen LogP contribution in [0.3, 0.4) is 0 Å². The molecule has 94 valence electrons. The van der Waals surface area contributed by atoms with Gasteiger partial charge in [0.05, 0.1) is 12.3 Å². The van der Waals surface area contributed by atoms with Crippen molar-refractivity contribution in [2.75, 3.05) is 19.7 Å². The van der Waals surface area contributed by atoms with Crippen molar-refractivity contribution in [2.24, 2.45) is 12.8 Å². The van der Waals surface area contributed by atoms with E-state index in [1.807, 2.05) is 19.3 Å². The number of rotatable bonds is 3. The number of nitrogens with zero attached hydrogens (tertiary/aromatic N) is 3. The molecule has 0 bridgehead atoms. The molecule has 1 atom stereocenters. The molecular formula is C11H18N4O2. The van der Waals surface area contributed by atoms with Gasteiger partial charge >= 0.3 is 0 Å². The number of amides is 1. The summed E-state index contributed by atoms with van der Waals surface area (Å²) in [5.74, 6) is -0.414. The van der Waals surface area contributed by atoms with Crippen LogP contribution in [-0.4, -0.2) is 45.9 Å². The van der Waals surface area contributed by atoms with Gasteiger partial charge in [-0.1, -0.05) is 0 Å². The van der Waals surface area contributed by atoms with E-state index in [0.29, 0.717) is 19.7 Å². The molecule has 6 heteroatoms. The lowest BCUT2D eigenvalue weighted by molar-refractivity contribution is -0.153. The van der Waals surface area contributed by atoms with Gasteiger partial charge in [-0.2, -0.15) is 5.10 Å². The first-order valence-electron chi connectivity index (χ1n) is 5.64. The van der Waals surface area contributed by atoms with Crippen molar-refractivity contribution in [3.05, 3.63) is 18.0 Å². The average Bonchev–Trinajstić information content (AvgIpc) is 2.64. The molecule has 1 aromatic rings. The summed E-state index contributed by atoms with van der Waals surface area (Å²) in [5.41, 5.74) is 5.46. The second-order valence-corrected chi connectivity index (χ2v) is 4.63. The number of carbonyl (C=O) groups is 1. The average molecular weight is 238 g/mol. The smallest absolute Gasteiger partial charge is 0.250 e. The van der Waals surface area contributed by atoms with E-state index in [4.69, 9.17) is 10.5 Å².